The first-order valence-electron chi connectivity index (χ1n) is 12.6. The van der Waals surface area contributed by atoms with Crippen LogP contribution >= 0.6 is 34.2 Å². The van der Waals surface area contributed by atoms with Gasteiger partial charge in [0.25, 0.3) is 5.91 Å². The highest BCUT2D eigenvalue weighted by atomic mass is 127. The molecule has 0 aromatic heterocycles. The van der Waals surface area contributed by atoms with Crippen LogP contribution in [0.1, 0.15) is 23.6 Å². The van der Waals surface area contributed by atoms with Gasteiger partial charge in [-0.05, 0) is 113 Å². The summed E-state index contributed by atoms with van der Waals surface area (Å²) < 4.78 is 31.5. The predicted octanol–water partition coefficient (Wildman–Crippen LogP) is 8.19. The van der Waals surface area contributed by atoms with Crippen molar-refractivity contribution in [3.63, 3.8) is 0 Å². The van der Waals surface area contributed by atoms with Crippen molar-refractivity contribution >= 4 is 51.9 Å². The number of nitrogens with zero attached hydrogens (tertiary/aromatic N) is 1. The third kappa shape index (κ3) is 8.71. The molecular formula is C32H25ClFIN2O4. The molecule has 0 unspecified atom stereocenters. The molecule has 1 N–H and O–H groups in total. The summed E-state index contributed by atoms with van der Waals surface area (Å²) in [6.45, 7) is 2.84. The van der Waals surface area contributed by atoms with E-state index in [0.717, 1.165) is 14.7 Å². The minimum atomic E-state index is -0.549. The van der Waals surface area contributed by atoms with E-state index in [1.165, 1.54) is 18.2 Å². The van der Waals surface area contributed by atoms with Crippen molar-refractivity contribution in [1.82, 2.24) is 0 Å². The molecule has 4 rings (SSSR count). The van der Waals surface area contributed by atoms with Gasteiger partial charge in [-0.3, -0.25) is 4.79 Å². The number of benzene rings is 4. The first-order chi connectivity index (χ1) is 19.8. The Hall–Kier alpha value is -4.07. The van der Waals surface area contributed by atoms with E-state index in [-0.39, 0.29) is 18.0 Å². The van der Waals surface area contributed by atoms with Crippen molar-refractivity contribution in [2.24, 2.45) is 0 Å². The Balaban J connectivity index is 1.43. The molecule has 208 valence electrons. The summed E-state index contributed by atoms with van der Waals surface area (Å²) in [5.74, 6) is 0.763. The van der Waals surface area contributed by atoms with Gasteiger partial charge in [-0.15, -0.1) is 0 Å². The zero-order valence-corrected chi connectivity index (χ0v) is 24.9. The van der Waals surface area contributed by atoms with Gasteiger partial charge in [-0.1, -0.05) is 35.9 Å². The molecule has 0 spiro atoms. The molecule has 6 nitrogen and oxygen atoms in total. The maximum absolute atomic E-state index is 13.2. The van der Waals surface area contributed by atoms with Crippen LogP contribution in [0.5, 0.6) is 17.2 Å². The Kier molecular flexibility index (Phi) is 10.6. The van der Waals surface area contributed by atoms with E-state index in [9.17, 15) is 14.4 Å². The van der Waals surface area contributed by atoms with E-state index in [0.29, 0.717) is 46.7 Å². The smallest absolute Gasteiger partial charge is 0.266 e. The summed E-state index contributed by atoms with van der Waals surface area (Å²) in [5.41, 5.74) is 2.82. The zero-order chi connectivity index (χ0) is 29.2. The highest BCUT2D eigenvalue weighted by molar-refractivity contribution is 14.1. The van der Waals surface area contributed by atoms with Gasteiger partial charge in [0, 0.05) is 10.7 Å². The van der Waals surface area contributed by atoms with Gasteiger partial charge in [-0.25, -0.2) is 4.39 Å². The maximum Gasteiger partial charge on any atom is 0.266 e. The van der Waals surface area contributed by atoms with E-state index < -0.39 is 5.91 Å². The average Bonchev–Trinajstić information content (AvgIpc) is 2.97. The van der Waals surface area contributed by atoms with E-state index in [4.69, 9.17) is 25.8 Å². The number of ether oxygens (including phenoxy) is 3. The van der Waals surface area contributed by atoms with Crippen LogP contribution < -0.4 is 19.5 Å². The minimum Gasteiger partial charge on any atom is -0.490 e. The lowest BCUT2D eigenvalue weighted by Crippen LogP contribution is -2.13. The van der Waals surface area contributed by atoms with Crippen LogP contribution in [0.4, 0.5) is 10.1 Å². The quantitative estimate of drug-likeness (QED) is 0.0981. The fraction of sp³-hybridized carbons (Fsp3) is 0.125. The van der Waals surface area contributed by atoms with Gasteiger partial charge in [0.05, 0.1) is 10.2 Å². The molecule has 0 atom stereocenters. The molecule has 0 saturated heterocycles. The van der Waals surface area contributed by atoms with Crippen molar-refractivity contribution < 1.29 is 23.4 Å². The number of carbonyl (C=O) groups is 1. The molecule has 0 fully saturated rings. The standard InChI is InChI=1S/C32H25ClFIN2O4/c1-2-39-30-17-23(16-29(35)31(30)41-20-22-5-9-26(34)10-6-22)15-24(18-36)32(38)37-27-11-13-28(14-12-27)40-19-21-3-7-25(33)8-4-21/h3-17H,2,19-20H2,1H3,(H,37,38)/b24-15+. The molecule has 0 saturated carbocycles. The van der Waals surface area contributed by atoms with Gasteiger partial charge < -0.3 is 19.5 Å². The summed E-state index contributed by atoms with van der Waals surface area (Å²) in [7, 11) is 0. The molecule has 0 aliphatic heterocycles. The lowest BCUT2D eigenvalue weighted by molar-refractivity contribution is -0.112. The van der Waals surface area contributed by atoms with Crippen LogP contribution in [0, 0.1) is 20.7 Å². The van der Waals surface area contributed by atoms with Crippen molar-refractivity contribution in [3.05, 3.63) is 122 Å². The summed E-state index contributed by atoms with van der Waals surface area (Å²) in [6, 6.07) is 25.8. The number of rotatable bonds is 11. The van der Waals surface area contributed by atoms with E-state index >= 15 is 0 Å². The van der Waals surface area contributed by atoms with Gasteiger partial charge in [0.2, 0.25) is 0 Å². The molecule has 41 heavy (non-hydrogen) atoms. The largest absolute Gasteiger partial charge is 0.490 e. The number of halogens is 3. The van der Waals surface area contributed by atoms with Crippen molar-refractivity contribution in [3.8, 4) is 23.3 Å². The average molecular weight is 683 g/mol. The van der Waals surface area contributed by atoms with Crippen LogP contribution in [0.3, 0.4) is 0 Å². The fourth-order valence-electron chi connectivity index (χ4n) is 3.71. The molecule has 0 heterocycles. The molecular weight excluding hydrogens is 658 g/mol. The second-order valence-electron chi connectivity index (χ2n) is 8.74. The Morgan fingerprint density at radius 2 is 1.59 bits per heavy atom. The first kappa shape index (κ1) is 29.9. The first-order valence-corrected chi connectivity index (χ1v) is 14.0. The highest BCUT2D eigenvalue weighted by Gasteiger charge is 2.15. The summed E-state index contributed by atoms with van der Waals surface area (Å²) in [5, 5.41) is 13.1. The number of nitriles is 1. The molecule has 0 radical (unpaired) electrons. The summed E-state index contributed by atoms with van der Waals surface area (Å²) in [4.78, 5) is 12.9. The molecule has 1 amide bonds. The van der Waals surface area contributed by atoms with Crippen molar-refractivity contribution in [1.29, 1.82) is 5.26 Å². The summed E-state index contributed by atoms with van der Waals surface area (Å²) >= 11 is 8.03. The van der Waals surface area contributed by atoms with Crippen LogP contribution in [-0.4, -0.2) is 12.5 Å². The normalized spacial score (nSPS) is 11.0. The zero-order valence-electron chi connectivity index (χ0n) is 22.0. The molecule has 4 aromatic carbocycles. The van der Waals surface area contributed by atoms with Crippen LogP contribution in [0.25, 0.3) is 6.08 Å². The third-order valence-corrected chi connectivity index (χ3v) is 6.79. The second kappa shape index (κ2) is 14.5. The summed E-state index contributed by atoms with van der Waals surface area (Å²) in [6.07, 6.45) is 1.49. The molecule has 9 heteroatoms. The Morgan fingerprint density at radius 3 is 2.22 bits per heavy atom. The molecule has 4 aromatic rings. The number of hydrogen-bond acceptors (Lipinski definition) is 5. The maximum atomic E-state index is 13.2. The van der Waals surface area contributed by atoms with Crippen LogP contribution in [-0.2, 0) is 18.0 Å². The van der Waals surface area contributed by atoms with E-state index in [2.05, 4.69) is 27.9 Å². The third-order valence-electron chi connectivity index (χ3n) is 5.74. The van der Waals surface area contributed by atoms with Crippen molar-refractivity contribution in [2.75, 3.05) is 11.9 Å². The van der Waals surface area contributed by atoms with Gasteiger partial charge in [0.15, 0.2) is 11.5 Å². The van der Waals surface area contributed by atoms with E-state index in [1.54, 1.807) is 60.7 Å². The number of hydrogen-bond donors (Lipinski definition) is 1. The number of nitrogens with one attached hydrogen (secondary N) is 1. The number of amides is 1. The molecule has 0 aliphatic rings. The topological polar surface area (TPSA) is 80.6 Å². The predicted molar refractivity (Wildman–Crippen MR) is 166 cm³/mol. The van der Waals surface area contributed by atoms with Crippen LogP contribution in [0.15, 0.2) is 90.5 Å². The highest BCUT2D eigenvalue weighted by Crippen LogP contribution is 2.35. The number of anilines is 1. The fourth-order valence-corrected chi connectivity index (χ4v) is 4.61. The molecule has 0 aliphatic carbocycles. The lowest BCUT2D eigenvalue weighted by Gasteiger charge is -2.15. The Labute approximate surface area is 256 Å². The van der Waals surface area contributed by atoms with Crippen molar-refractivity contribution in [2.45, 2.75) is 20.1 Å². The minimum absolute atomic E-state index is 0.0775. The number of carbonyl (C=O) groups excluding carboxylic acids is 1. The lowest BCUT2D eigenvalue weighted by atomic mass is 10.1. The van der Waals surface area contributed by atoms with E-state index in [1.807, 2.05) is 25.1 Å². The van der Waals surface area contributed by atoms with Gasteiger partial charge in [0.1, 0.15) is 36.4 Å². The van der Waals surface area contributed by atoms with Gasteiger partial charge >= 0.3 is 0 Å². The Morgan fingerprint density at radius 1 is 0.951 bits per heavy atom. The van der Waals surface area contributed by atoms with Gasteiger partial charge in [-0.2, -0.15) is 5.26 Å². The Bertz CT molecular complexity index is 1570. The monoisotopic (exact) mass is 682 g/mol. The molecule has 0 bridgehead atoms. The second-order valence-corrected chi connectivity index (χ2v) is 10.3. The SMILES string of the molecule is CCOc1cc(/C=C(\C#N)C(=O)Nc2ccc(OCc3ccc(Cl)cc3)cc2)cc(I)c1OCc1ccc(F)cc1. The van der Waals surface area contributed by atoms with Crippen LogP contribution in [0.2, 0.25) is 5.02 Å².